The van der Waals surface area contributed by atoms with Crippen LogP contribution in [0.4, 0.5) is 5.69 Å². The number of nitrogens with zero attached hydrogens (tertiary/aromatic N) is 2. The number of carbonyl (C=O) groups excluding carboxylic acids is 4. The molecule has 0 saturated heterocycles. The van der Waals surface area contributed by atoms with Crippen LogP contribution in [0.25, 0.3) is 0 Å². The molecule has 0 unspecified atom stereocenters. The summed E-state index contributed by atoms with van der Waals surface area (Å²) < 4.78 is 4.74. The standard InChI is InChI=1S/C15H13N3O7/c19-11(16-8-4-5-8)7-25-12(20)6-17-14(21)9-2-1-3-10(18(23)24)13(9)15(17)22/h1-3,8H,4-7H2,(H,16,19). The number of carbonyl (C=O) groups is 4. The predicted octanol–water partition coefficient (Wildman–Crippen LogP) is 0.0126. The molecule has 10 nitrogen and oxygen atoms in total. The molecule has 0 bridgehead atoms. The lowest BCUT2D eigenvalue weighted by Crippen LogP contribution is -2.37. The highest BCUT2D eigenvalue weighted by atomic mass is 16.6. The highest BCUT2D eigenvalue weighted by Crippen LogP contribution is 2.30. The Labute approximate surface area is 140 Å². The van der Waals surface area contributed by atoms with E-state index in [1.165, 1.54) is 12.1 Å². The Kier molecular flexibility index (Phi) is 4.17. The summed E-state index contributed by atoms with van der Waals surface area (Å²) >= 11 is 0. The average Bonchev–Trinajstić information content (AvgIpc) is 3.35. The van der Waals surface area contributed by atoms with Crippen molar-refractivity contribution in [3.05, 3.63) is 39.4 Å². The molecule has 130 valence electrons. The largest absolute Gasteiger partial charge is 0.454 e. The van der Waals surface area contributed by atoms with E-state index in [1.54, 1.807) is 0 Å². The van der Waals surface area contributed by atoms with E-state index in [2.05, 4.69) is 5.32 Å². The first-order valence-electron chi connectivity index (χ1n) is 7.47. The smallest absolute Gasteiger partial charge is 0.326 e. The molecule has 0 aromatic heterocycles. The lowest BCUT2D eigenvalue weighted by molar-refractivity contribution is -0.385. The van der Waals surface area contributed by atoms with Crippen molar-refractivity contribution in [2.45, 2.75) is 18.9 Å². The van der Waals surface area contributed by atoms with Gasteiger partial charge in [-0.25, -0.2) is 0 Å². The molecular formula is C15H13N3O7. The van der Waals surface area contributed by atoms with Gasteiger partial charge in [0.2, 0.25) is 0 Å². The number of esters is 1. The molecule has 1 aliphatic carbocycles. The van der Waals surface area contributed by atoms with E-state index in [4.69, 9.17) is 4.74 Å². The number of rotatable bonds is 6. The van der Waals surface area contributed by atoms with Gasteiger partial charge in [-0.3, -0.25) is 34.2 Å². The zero-order valence-corrected chi connectivity index (χ0v) is 12.9. The van der Waals surface area contributed by atoms with Crippen LogP contribution in [0.3, 0.4) is 0 Å². The summed E-state index contributed by atoms with van der Waals surface area (Å²) in [5, 5.41) is 13.6. The highest BCUT2D eigenvalue weighted by molar-refractivity contribution is 6.24. The van der Waals surface area contributed by atoms with Crippen LogP contribution in [-0.4, -0.2) is 52.7 Å². The second kappa shape index (κ2) is 6.30. The number of imide groups is 1. The van der Waals surface area contributed by atoms with Crippen molar-refractivity contribution in [3.8, 4) is 0 Å². The normalized spacial score (nSPS) is 15.8. The molecule has 25 heavy (non-hydrogen) atoms. The number of ether oxygens (including phenoxy) is 1. The van der Waals surface area contributed by atoms with Gasteiger partial charge in [0, 0.05) is 12.1 Å². The second-order valence-corrected chi connectivity index (χ2v) is 5.66. The first kappa shape index (κ1) is 16.6. The Hall–Kier alpha value is -3.30. The number of nitrogens with one attached hydrogen (secondary N) is 1. The van der Waals surface area contributed by atoms with E-state index < -0.39 is 47.5 Å². The van der Waals surface area contributed by atoms with Crippen molar-refractivity contribution in [2.24, 2.45) is 0 Å². The first-order chi connectivity index (χ1) is 11.9. The molecule has 1 N–H and O–H groups in total. The third kappa shape index (κ3) is 3.32. The summed E-state index contributed by atoms with van der Waals surface area (Å²) in [6.07, 6.45) is 1.76. The molecule has 1 heterocycles. The molecule has 1 aliphatic heterocycles. The van der Waals surface area contributed by atoms with Gasteiger partial charge in [0.25, 0.3) is 23.4 Å². The summed E-state index contributed by atoms with van der Waals surface area (Å²) in [6.45, 7) is -1.24. The van der Waals surface area contributed by atoms with Crippen LogP contribution < -0.4 is 5.32 Å². The predicted molar refractivity (Wildman–Crippen MR) is 80.6 cm³/mol. The van der Waals surface area contributed by atoms with E-state index in [0.29, 0.717) is 4.90 Å². The maximum atomic E-state index is 12.3. The number of hydrogen-bond donors (Lipinski definition) is 1. The Bertz CT molecular complexity index is 800. The van der Waals surface area contributed by atoms with Crippen LogP contribution in [0.1, 0.15) is 33.6 Å². The molecule has 2 aliphatic rings. The Morgan fingerprint density at radius 3 is 2.64 bits per heavy atom. The summed E-state index contributed by atoms with van der Waals surface area (Å²) in [7, 11) is 0. The minimum atomic E-state index is -0.955. The van der Waals surface area contributed by atoms with Crippen LogP contribution in [0.15, 0.2) is 18.2 Å². The number of nitro groups is 1. The molecular weight excluding hydrogens is 334 g/mol. The number of amides is 3. The van der Waals surface area contributed by atoms with E-state index in [1.807, 2.05) is 0 Å². The quantitative estimate of drug-likeness (QED) is 0.331. The van der Waals surface area contributed by atoms with E-state index in [9.17, 15) is 29.3 Å². The van der Waals surface area contributed by atoms with E-state index in [0.717, 1.165) is 18.9 Å². The molecule has 10 heteroatoms. The molecule has 0 spiro atoms. The summed E-state index contributed by atoms with van der Waals surface area (Å²) in [5.41, 5.74) is -0.995. The second-order valence-electron chi connectivity index (χ2n) is 5.66. The molecule has 0 radical (unpaired) electrons. The average molecular weight is 347 g/mol. The van der Waals surface area contributed by atoms with Crippen LogP contribution in [-0.2, 0) is 14.3 Å². The van der Waals surface area contributed by atoms with Crippen LogP contribution in [0, 0.1) is 10.1 Å². The first-order valence-corrected chi connectivity index (χ1v) is 7.47. The summed E-state index contributed by atoms with van der Waals surface area (Å²) in [4.78, 5) is 58.5. The minimum absolute atomic E-state index is 0.114. The van der Waals surface area contributed by atoms with Gasteiger partial charge < -0.3 is 10.1 Å². The molecule has 1 aromatic rings. The number of fused-ring (bicyclic) bond motifs is 1. The van der Waals surface area contributed by atoms with Gasteiger partial charge in [0.15, 0.2) is 6.61 Å². The lowest BCUT2D eigenvalue weighted by atomic mass is 10.1. The summed E-state index contributed by atoms with van der Waals surface area (Å²) in [5.74, 6) is -3.17. The molecule has 1 fully saturated rings. The van der Waals surface area contributed by atoms with Gasteiger partial charge in [0.05, 0.1) is 10.5 Å². The van der Waals surface area contributed by atoms with Gasteiger partial charge in [-0.1, -0.05) is 6.07 Å². The maximum absolute atomic E-state index is 12.3. The fraction of sp³-hybridized carbons (Fsp3) is 0.333. The molecule has 3 rings (SSSR count). The van der Waals surface area contributed by atoms with Crippen LogP contribution in [0.5, 0.6) is 0 Å². The molecule has 1 saturated carbocycles. The van der Waals surface area contributed by atoms with Crippen molar-refractivity contribution < 1.29 is 28.8 Å². The van der Waals surface area contributed by atoms with Crippen molar-refractivity contribution in [1.29, 1.82) is 0 Å². The third-order valence-electron chi connectivity index (χ3n) is 3.77. The zero-order chi connectivity index (χ0) is 18.1. The topological polar surface area (TPSA) is 136 Å². The monoisotopic (exact) mass is 347 g/mol. The summed E-state index contributed by atoms with van der Waals surface area (Å²) in [6, 6.07) is 3.78. The van der Waals surface area contributed by atoms with E-state index in [-0.39, 0.29) is 17.2 Å². The molecule has 0 atom stereocenters. The fourth-order valence-corrected chi connectivity index (χ4v) is 2.43. The highest BCUT2D eigenvalue weighted by Gasteiger charge is 2.42. The SMILES string of the molecule is O=C(COC(=O)CN1C(=O)c2cccc([N+](=O)[O-])c2C1=O)NC1CC1. The van der Waals surface area contributed by atoms with Gasteiger partial charge >= 0.3 is 5.97 Å². The molecule has 3 amide bonds. The number of benzene rings is 1. The lowest BCUT2D eigenvalue weighted by Gasteiger charge is -2.12. The van der Waals surface area contributed by atoms with Gasteiger partial charge in [0.1, 0.15) is 12.1 Å². The third-order valence-corrected chi connectivity index (χ3v) is 3.77. The van der Waals surface area contributed by atoms with Crippen LogP contribution in [0.2, 0.25) is 0 Å². The number of hydrogen-bond acceptors (Lipinski definition) is 7. The van der Waals surface area contributed by atoms with Gasteiger partial charge in [-0.2, -0.15) is 0 Å². The number of nitro benzene ring substituents is 1. The Morgan fingerprint density at radius 2 is 2.00 bits per heavy atom. The zero-order valence-electron chi connectivity index (χ0n) is 12.9. The minimum Gasteiger partial charge on any atom is -0.454 e. The van der Waals surface area contributed by atoms with Crippen LogP contribution >= 0.6 is 0 Å². The Morgan fingerprint density at radius 1 is 1.28 bits per heavy atom. The maximum Gasteiger partial charge on any atom is 0.326 e. The van der Waals surface area contributed by atoms with E-state index >= 15 is 0 Å². The molecule has 1 aromatic carbocycles. The van der Waals surface area contributed by atoms with Crippen molar-refractivity contribution >= 4 is 29.4 Å². The van der Waals surface area contributed by atoms with Crippen molar-refractivity contribution in [2.75, 3.05) is 13.2 Å². The Balaban J connectivity index is 1.65. The van der Waals surface area contributed by atoms with Gasteiger partial charge in [-0.15, -0.1) is 0 Å². The fourth-order valence-electron chi connectivity index (χ4n) is 2.43. The van der Waals surface area contributed by atoms with Crippen molar-refractivity contribution in [1.82, 2.24) is 10.2 Å². The van der Waals surface area contributed by atoms with Crippen molar-refractivity contribution in [3.63, 3.8) is 0 Å². The van der Waals surface area contributed by atoms with Gasteiger partial charge in [-0.05, 0) is 18.9 Å².